The van der Waals surface area contributed by atoms with Crippen molar-refractivity contribution in [1.29, 1.82) is 0 Å². The van der Waals surface area contributed by atoms with Crippen molar-refractivity contribution in [2.24, 2.45) is 4.99 Å². The fraction of sp³-hybridized carbons (Fsp3) is 0.286. The zero-order valence-electron chi connectivity index (χ0n) is 25.7. The van der Waals surface area contributed by atoms with Crippen LogP contribution in [0.3, 0.4) is 0 Å². The molecule has 1 aliphatic rings. The van der Waals surface area contributed by atoms with E-state index in [0.29, 0.717) is 68.1 Å². The van der Waals surface area contributed by atoms with Gasteiger partial charge in [0.15, 0.2) is 16.3 Å². The van der Waals surface area contributed by atoms with Gasteiger partial charge in [-0.15, -0.1) is 0 Å². The van der Waals surface area contributed by atoms with Crippen LogP contribution in [0.4, 0.5) is 0 Å². The molecule has 234 valence electrons. The number of halogens is 1. The quantitative estimate of drug-likeness (QED) is 0.170. The molecule has 0 radical (unpaired) electrons. The van der Waals surface area contributed by atoms with Crippen LogP contribution in [0.15, 0.2) is 87.8 Å². The molecule has 0 unspecified atom stereocenters. The van der Waals surface area contributed by atoms with Crippen LogP contribution in [0.5, 0.6) is 17.2 Å². The molecule has 8 nitrogen and oxygen atoms in total. The van der Waals surface area contributed by atoms with Crippen LogP contribution in [0.2, 0.25) is 5.02 Å². The van der Waals surface area contributed by atoms with E-state index in [1.54, 1.807) is 38.3 Å². The number of methoxy groups -OCH3 is 1. The van der Waals surface area contributed by atoms with Gasteiger partial charge in [-0.05, 0) is 67.8 Å². The molecule has 1 aromatic heterocycles. The topological polar surface area (TPSA) is 88.4 Å². The van der Waals surface area contributed by atoms with Crippen molar-refractivity contribution >= 4 is 35.0 Å². The predicted octanol–water partition coefficient (Wildman–Crippen LogP) is 6.22. The molecule has 1 atom stereocenters. The average Bonchev–Trinajstić information content (AvgIpc) is 3.34. The summed E-state index contributed by atoms with van der Waals surface area (Å²) in [6.45, 7) is 6.69. The van der Waals surface area contributed by atoms with Gasteiger partial charge in [0.2, 0.25) is 0 Å². The highest BCUT2D eigenvalue weighted by Crippen LogP contribution is 2.38. The molecule has 4 aromatic rings. The number of hydrogen-bond donors (Lipinski definition) is 0. The van der Waals surface area contributed by atoms with Crippen molar-refractivity contribution in [2.45, 2.75) is 46.3 Å². The zero-order chi connectivity index (χ0) is 31.9. The Balaban J connectivity index is 1.64. The number of carbonyl (C=O) groups is 1. The second-order valence-corrected chi connectivity index (χ2v) is 11.7. The first kappa shape index (κ1) is 32.1. The third kappa shape index (κ3) is 7.00. The summed E-state index contributed by atoms with van der Waals surface area (Å²) in [6, 6.07) is 19.8. The Morgan fingerprint density at radius 1 is 0.978 bits per heavy atom. The van der Waals surface area contributed by atoms with Crippen LogP contribution in [-0.2, 0) is 16.1 Å². The standard InChI is InChI=1S/C35H35ClN2O6S/c1-5-11-26-31(34(40)43-7-3)32(25-20-24(36)15-17-27(25)41-4)38-33(39)30(45-35(38)37-26)19-23-14-16-28(29(18-23)42-6-2)44-21-22-12-9-8-10-13-22/h8-10,12-20,32H,5-7,11,21H2,1-4H3/b30-19+/t32-/m0/s1. The molecular weight excluding hydrogens is 612 g/mol. The molecule has 0 amide bonds. The van der Waals surface area contributed by atoms with E-state index in [9.17, 15) is 9.59 Å². The molecule has 0 fully saturated rings. The molecule has 0 bridgehead atoms. The molecule has 0 saturated carbocycles. The molecule has 2 heterocycles. The van der Waals surface area contributed by atoms with Crippen LogP contribution in [0.1, 0.15) is 56.3 Å². The van der Waals surface area contributed by atoms with E-state index in [1.165, 1.54) is 15.9 Å². The first-order valence-electron chi connectivity index (χ1n) is 14.9. The Bertz CT molecular complexity index is 1900. The maximum absolute atomic E-state index is 14.2. The Morgan fingerprint density at radius 3 is 2.47 bits per heavy atom. The second-order valence-electron chi connectivity index (χ2n) is 10.2. The van der Waals surface area contributed by atoms with Gasteiger partial charge in [0.1, 0.15) is 18.4 Å². The number of esters is 1. The number of benzene rings is 3. The molecule has 3 aromatic carbocycles. The van der Waals surface area contributed by atoms with Gasteiger partial charge in [0.25, 0.3) is 5.56 Å². The fourth-order valence-electron chi connectivity index (χ4n) is 5.22. The smallest absolute Gasteiger partial charge is 0.338 e. The minimum Gasteiger partial charge on any atom is -0.496 e. The molecule has 10 heteroatoms. The maximum atomic E-state index is 14.2. The molecule has 45 heavy (non-hydrogen) atoms. The first-order chi connectivity index (χ1) is 21.9. The molecule has 0 N–H and O–H groups in total. The zero-order valence-corrected chi connectivity index (χ0v) is 27.2. The average molecular weight is 647 g/mol. The van der Waals surface area contributed by atoms with E-state index in [-0.39, 0.29) is 12.2 Å². The van der Waals surface area contributed by atoms with Crippen LogP contribution in [-0.4, -0.2) is 30.9 Å². The molecule has 0 saturated heterocycles. The summed E-state index contributed by atoms with van der Waals surface area (Å²) in [5.74, 6) is 1.14. The van der Waals surface area contributed by atoms with E-state index in [1.807, 2.05) is 62.4 Å². The molecule has 5 rings (SSSR count). The van der Waals surface area contributed by atoms with Crippen LogP contribution >= 0.6 is 22.9 Å². The maximum Gasteiger partial charge on any atom is 0.338 e. The van der Waals surface area contributed by atoms with Crippen molar-refractivity contribution < 1.29 is 23.7 Å². The van der Waals surface area contributed by atoms with E-state index in [2.05, 4.69) is 0 Å². The van der Waals surface area contributed by atoms with E-state index in [4.69, 9.17) is 35.5 Å². The van der Waals surface area contributed by atoms with Gasteiger partial charge < -0.3 is 18.9 Å². The number of allylic oxidation sites excluding steroid dienone is 1. The summed E-state index contributed by atoms with van der Waals surface area (Å²) in [7, 11) is 1.54. The normalized spacial score (nSPS) is 14.5. The second kappa shape index (κ2) is 14.6. The largest absolute Gasteiger partial charge is 0.496 e. The summed E-state index contributed by atoms with van der Waals surface area (Å²) >= 11 is 7.70. The van der Waals surface area contributed by atoms with Gasteiger partial charge >= 0.3 is 5.97 Å². The van der Waals surface area contributed by atoms with Gasteiger partial charge in [0, 0.05) is 10.6 Å². The van der Waals surface area contributed by atoms with Crippen LogP contribution in [0, 0.1) is 0 Å². The van der Waals surface area contributed by atoms with Crippen LogP contribution in [0.25, 0.3) is 6.08 Å². The number of fused-ring (bicyclic) bond motifs is 1. The lowest BCUT2D eigenvalue weighted by atomic mass is 9.93. The lowest BCUT2D eigenvalue weighted by Gasteiger charge is -2.27. The Morgan fingerprint density at radius 2 is 1.76 bits per heavy atom. The van der Waals surface area contributed by atoms with Gasteiger partial charge in [0.05, 0.1) is 36.1 Å². The van der Waals surface area contributed by atoms with Gasteiger partial charge in [-0.2, -0.15) is 0 Å². The fourth-order valence-corrected chi connectivity index (χ4v) is 6.42. The molecule has 1 aliphatic heterocycles. The third-order valence-electron chi connectivity index (χ3n) is 7.18. The summed E-state index contributed by atoms with van der Waals surface area (Å²) in [6.07, 6.45) is 3.07. The van der Waals surface area contributed by atoms with Crippen molar-refractivity contribution in [3.63, 3.8) is 0 Å². The number of rotatable bonds is 12. The summed E-state index contributed by atoms with van der Waals surface area (Å²) < 4.78 is 25.1. The minimum atomic E-state index is -0.842. The van der Waals surface area contributed by atoms with Crippen molar-refractivity contribution in [3.05, 3.63) is 119 Å². The highest BCUT2D eigenvalue weighted by atomic mass is 35.5. The molecule has 0 spiro atoms. The molecular formula is C35H35ClN2O6S. The monoisotopic (exact) mass is 646 g/mol. The Kier molecular flexibility index (Phi) is 10.4. The first-order valence-corrected chi connectivity index (χ1v) is 16.1. The highest BCUT2D eigenvalue weighted by Gasteiger charge is 2.36. The van der Waals surface area contributed by atoms with Crippen molar-refractivity contribution in [1.82, 2.24) is 4.57 Å². The highest BCUT2D eigenvalue weighted by molar-refractivity contribution is 7.07. The SMILES string of the molecule is CCCC1=C(C(=O)OCC)[C@H](c2cc(Cl)ccc2OC)n2c(s/c(=C/c3ccc(OCc4ccccc4)c(OCC)c3)c2=O)=N1. The lowest BCUT2D eigenvalue weighted by Crippen LogP contribution is -2.40. The third-order valence-corrected chi connectivity index (χ3v) is 8.40. The number of hydrogen-bond acceptors (Lipinski definition) is 8. The summed E-state index contributed by atoms with van der Waals surface area (Å²) in [5, 5.41) is 0.447. The Hall–Kier alpha value is -4.34. The Labute approximate surface area is 270 Å². The van der Waals surface area contributed by atoms with E-state index < -0.39 is 12.0 Å². The number of nitrogens with zero attached hydrogens (tertiary/aromatic N) is 2. The number of aromatic nitrogens is 1. The van der Waals surface area contributed by atoms with Crippen LogP contribution < -0.4 is 29.1 Å². The minimum absolute atomic E-state index is 0.179. The van der Waals surface area contributed by atoms with Gasteiger partial charge in [-0.3, -0.25) is 9.36 Å². The van der Waals surface area contributed by atoms with E-state index in [0.717, 1.165) is 17.5 Å². The number of thiazole rings is 1. The number of carbonyl (C=O) groups excluding carboxylic acids is 1. The summed E-state index contributed by atoms with van der Waals surface area (Å²) in [4.78, 5) is 33.0. The van der Waals surface area contributed by atoms with Gasteiger partial charge in [-0.25, -0.2) is 9.79 Å². The van der Waals surface area contributed by atoms with E-state index >= 15 is 0 Å². The van der Waals surface area contributed by atoms with Crippen molar-refractivity contribution in [3.8, 4) is 17.2 Å². The van der Waals surface area contributed by atoms with Gasteiger partial charge in [-0.1, -0.05) is 72.7 Å². The lowest BCUT2D eigenvalue weighted by molar-refractivity contribution is -0.139. The molecule has 0 aliphatic carbocycles. The number of ether oxygens (including phenoxy) is 4. The summed E-state index contributed by atoms with van der Waals surface area (Å²) in [5.41, 5.74) is 2.95. The predicted molar refractivity (Wildman–Crippen MR) is 176 cm³/mol. The van der Waals surface area contributed by atoms with Crippen molar-refractivity contribution in [2.75, 3.05) is 20.3 Å².